The van der Waals surface area contributed by atoms with Gasteiger partial charge in [0.2, 0.25) is 0 Å². The molecule has 2 rings (SSSR count). The van der Waals surface area contributed by atoms with Crippen molar-refractivity contribution in [2.45, 2.75) is 84.2 Å². The van der Waals surface area contributed by atoms with Crippen molar-refractivity contribution in [3.8, 4) is 0 Å². The molecule has 7 nitrogen and oxygen atoms in total. The van der Waals surface area contributed by atoms with Gasteiger partial charge in [0, 0.05) is 18.6 Å². The molecule has 23 heavy (non-hydrogen) atoms. The van der Waals surface area contributed by atoms with E-state index < -0.39 is 5.60 Å². The van der Waals surface area contributed by atoms with Crippen molar-refractivity contribution < 1.29 is 9.53 Å². The van der Waals surface area contributed by atoms with Crippen molar-refractivity contribution >= 4 is 6.09 Å². The average Bonchev–Trinajstić information content (AvgIpc) is 2.92. The monoisotopic (exact) mass is 323 g/mol. The zero-order valence-corrected chi connectivity index (χ0v) is 14.6. The lowest BCUT2D eigenvalue weighted by atomic mass is 9.91. The van der Waals surface area contributed by atoms with Crippen molar-refractivity contribution in [1.29, 1.82) is 0 Å². The molecule has 0 aliphatic heterocycles. The van der Waals surface area contributed by atoms with Crippen molar-refractivity contribution in [2.75, 3.05) is 0 Å². The normalized spacial score (nSPS) is 21.9. The summed E-state index contributed by atoms with van der Waals surface area (Å²) < 4.78 is 7.35. The highest BCUT2D eigenvalue weighted by Gasteiger charge is 2.24. The average molecular weight is 323 g/mol. The fraction of sp³-hybridized carbons (Fsp3) is 0.812. The maximum absolute atomic E-state index is 11.8. The number of ether oxygens (including phenoxy) is 1. The zero-order chi connectivity index (χ0) is 16.9. The number of amides is 1. The predicted molar refractivity (Wildman–Crippen MR) is 87.9 cm³/mol. The standard InChI is InChI=1S/C16H29N5O2/c1-5-21-11-18-20-14(21)10-17-12-6-8-13(9-7-12)19-15(22)23-16(2,3)4/h11-13,17H,5-10H2,1-4H3,(H,19,22). The third-order valence-corrected chi connectivity index (χ3v) is 4.03. The van der Waals surface area contributed by atoms with Gasteiger partial charge in [-0.25, -0.2) is 4.79 Å². The number of alkyl carbamates (subject to hydrolysis) is 1. The maximum atomic E-state index is 11.8. The van der Waals surface area contributed by atoms with Crippen LogP contribution in [0.5, 0.6) is 0 Å². The van der Waals surface area contributed by atoms with Gasteiger partial charge in [-0.05, 0) is 53.4 Å². The Morgan fingerprint density at radius 2 is 1.96 bits per heavy atom. The van der Waals surface area contributed by atoms with Gasteiger partial charge in [-0.15, -0.1) is 10.2 Å². The Morgan fingerprint density at radius 1 is 1.30 bits per heavy atom. The first-order chi connectivity index (χ1) is 10.9. The second-order valence-corrected chi connectivity index (χ2v) is 7.11. The second kappa shape index (κ2) is 7.77. The molecule has 0 saturated heterocycles. The van der Waals surface area contributed by atoms with Gasteiger partial charge in [0.1, 0.15) is 17.8 Å². The summed E-state index contributed by atoms with van der Waals surface area (Å²) in [4.78, 5) is 11.8. The first-order valence-corrected chi connectivity index (χ1v) is 8.47. The van der Waals surface area contributed by atoms with E-state index in [0.29, 0.717) is 6.04 Å². The van der Waals surface area contributed by atoms with E-state index in [2.05, 4.69) is 27.8 Å². The largest absolute Gasteiger partial charge is 0.444 e. The minimum absolute atomic E-state index is 0.210. The number of hydrogen-bond donors (Lipinski definition) is 2. The molecular weight excluding hydrogens is 294 g/mol. The molecule has 0 spiro atoms. The Hall–Kier alpha value is -1.63. The fourth-order valence-corrected chi connectivity index (χ4v) is 2.83. The van der Waals surface area contributed by atoms with E-state index in [1.165, 1.54) is 0 Å². The van der Waals surface area contributed by atoms with Gasteiger partial charge < -0.3 is 19.9 Å². The molecule has 1 saturated carbocycles. The van der Waals surface area contributed by atoms with Gasteiger partial charge in [-0.2, -0.15) is 0 Å². The van der Waals surface area contributed by atoms with Crippen LogP contribution in [0.3, 0.4) is 0 Å². The van der Waals surface area contributed by atoms with Gasteiger partial charge in [0.15, 0.2) is 0 Å². The minimum atomic E-state index is -0.446. The Labute approximate surface area is 138 Å². The lowest BCUT2D eigenvalue weighted by Gasteiger charge is -2.30. The summed E-state index contributed by atoms with van der Waals surface area (Å²) in [6.45, 7) is 9.34. The molecule has 1 amide bonds. The summed E-state index contributed by atoms with van der Waals surface area (Å²) in [5.41, 5.74) is -0.446. The van der Waals surface area contributed by atoms with Crippen LogP contribution in [-0.4, -0.2) is 38.5 Å². The van der Waals surface area contributed by atoms with E-state index in [-0.39, 0.29) is 12.1 Å². The van der Waals surface area contributed by atoms with E-state index >= 15 is 0 Å². The molecule has 0 unspecified atom stereocenters. The highest BCUT2D eigenvalue weighted by molar-refractivity contribution is 5.68. The van der Waals surface area contributed by atoms with Crippen LogP contribution in [0.15, 0.2) is 6.33 Å². The van der Waals surface area contributed by atoms with Crippen LogP contribution in [-0.2, 0) is 17.8 Å². The molecule has 0 aromatic carbocycles. The number of carbonyl (C=O) groups is 1. The van der Waals surface area contributed by atoms with Crippen LogP contribution in [0, 0.1) is 0 Å². The molecular formula is C16H29N5O2. The zero-order valence-electron chi connectivity index (χ0n) is 14.6. The number of rotatable bonds is 5. The Kier molecular flexibility index (Phi) is 5.98. The predicted octanol–water partition coefficient (Wildman–Crippen LogP) is 2.22. The van der Waals surface area contributed by atoms with Gasteiger partial charge in [-0.1, -0.05) is 0 Å². The summed E-state index contributed by atoms with van der Waals surface area (Å²) in [7, 11) is 0. The molecule has 0 radical (unpaired) electrons. The smallest absolute Gasteiger partial charge is 0.407 e. The van der Waals surface area contributed by atoms with Crippen LogP contribution in [0.2, 0.25) is 0 Å². The quantitative estimate of drug-likeness (QED) is 0.868. The Balaban J connectivity index is 1.69. The molecule has 1 aliphatic rings. The molecule has 0 atom stereocenters. The highest BCUT2D eigenvalue weighted by atomic mass is 16.6. The fourth-order valence-electron chi connectivity index (χ4n) is 2.83. The van der Waals surface area contributed by atoms with Gasteiger partial charge in [-0.3, -0.25) is 0 Å². The number of aromatic nitrogens is 3. The molecule has 130 valence electrons. The molecule has 7 heteroatoms. The van der Waals surface area contributed by atoms with E-state index in [1.54, 1.807) is 6.33 Å². The summed E-state index contributed by atoms with van der Waals surface area (Å²) in [5.74, 6) is 0.974. The Morgan fingerprint density at radius 3 is 2.57 bits per heavy atom. The summed E-state index contributed by atoms with van der Waals surface area (Å²) >= 11 is 0. The van der Waals surface area contributed by atoms with Gasteiger partial charge in [0.05, 0.1) is 6.54 Å². The molecule has 1 fully saturated rings. The molecule has 1 heterocycles. The number of nitrogens with one attached hydrogen (secondary N) is 2. The molecule has 0 bridgehead atoms. The SMILES string of the molecule is CCn1cnnc1CNC1CCC(NC(=O)OC(C)(C)C)CC1. The second-order valence-electron chi connectivity index (χ2n) is 7.11. The molecule has 1 aliphatic carbocycles. The lowest BCUT2D eigenvalue weighted by Crippen LogP contribution is -2.43. The Bertz CT molecular complexity index is 501. The van der Waals surface area contributed by atoms with Gasteiger partial charge in [0.25, 0.3) is 0 Å². The van der Waals surface area contributed by atoms with Crippen LogP contribution >= 0.6 is 0 Å². The maximum Gasteiger partial charge on any atom is 0.407 e. The van der Waals surface area contributed by atoms with Crippen molar-refractivity contribution in [3.63, 3.8) is 0 Å². The van der Waals surface area contributed by atoms with Crippen molar-refractivity contribution in [1.82, 2.24) is 25.4 Å². The minimum Gasteiger partial charge on any atom is -0.444 e. The third kappa shape index (κ3) is 5.82. The third-order valence-electron chi connectivity index (χ3n) is 4.03. The first-order valence-electron chi connectivity index (χ1n) is 8.47. The number of hydrogen-bond acceptors (Lipinski definition) is 5. The first kappa shape index (κ1) is 17.7. The van der Waals surface area contributed by atoms with Crippen LogP contribution in [0.25, 0.3) is 0 Å². The summed E-state index contributed by atoms with van der Waals surface area (Å²) in [5, 5.41) is 14.6. The van der Waals surface area contributed by atoms with Crippen LogP contribution in [0.1, 0.15) is 59.2 Å². The number of aryl methyl sites for hydroxylation is 1. The van der Waals surface area contributed by atoms with Crippen LogP contribution in [0.4, 0.5) is 4.79 Å². The summed E-state index contributed by atoms with van der Waals surface area (Å²) in [6.07, 6.45) is 5.47. The number of nitrogens with zero attached hydrogens (tertiary/aromatic N) is 3. The van der Waals surface area contributed by atoms with E-state index in [1.807, 2.05) is 25.3 Å². The van der Waals surface area contributed by atoms with Crippen molar-refractivity contribution in [3.05, 3.63) is 12.2 Å². The van der Waals surface area contributed by atoms with E-state index in [9.17, 15) is 4.79 Å². The lowest BCUT2D eigenvalue weighted by molar-refractivity contribution is 0.0489. The van der Waals surface area contributed by atoms with Crippen LogP contribution < -0.4 is 10.6 Å². The van der Waals surface area contributed by atoms with Gasteiger partial charge >= 0.3 is 6.09 Å². The van der Waals surface area contributed by atoms with Crippen molar-refractivity contribution in [2.24, 2.45) is 0 Å². The molecule has 1 aromatic heterocycles. The topological polar surface area (TPSA) is 81.1 Å². The summed E-state index contributed by atoms with van der Waals surface area (Å²) in [6, 6.07) is 0.677. The molecule has 1 aromatic rings. The van der Waals surface area contributed by atoms with E-state index in [4.69, 9.17) is 4.74 Å². The number of carbonyl (C=O) groups excluding carboxylic acids is 1. The van der Waals surface area contributed by atoms with E-state index in [0.717, 1.165) is 44.6 Å². The highest BCUT2D eigenvalue weighted by Crippen LogP contribution is 2.19. The molecule has 2 N–H and O–H groups in total.